The molecule has 1 aliphatic heterocycles. The third-order valence-corrected chi connectivity index (χ3v) is 5.30. The quantitative estimate of drug-likeness (QED) is 0.730. The van der Waals surface area contributed by atoms with Crippen LogP contribution in [-0.2, 0) is 10.0 Å². The molecule has 27 heavy (non-hydrogen) atoms. The second-order valence-electron chi connectivity index (χ2n) is 5.81. The van der Waals surface area contributed by atoms with Crippen LogP contribution in [-0.4, -0.2) is 25.1 Å². The minimum atomic E-state index is -3.68. The van der Waals surface area contributed by atoms with E-state index in [-0.39, 0.29) is 16.6 Å². The Kier molecular flexibility index (Phi) is 4.17. The summed E-state index contributed by atoms with van der Waals surface area (Å²) in [5.41, 5.74) is 2.21. The number of carbonyl (C=O) groups excluding carboxylic acids is 1. The van der Waals surface area contributed by atoms with E-state index in [9.17, 15) is 13.2 Å². The summed E-state index contributed by atoms with van der Waals surface area (Å²) in [7, 11) is -3.68. The minimum absolute atomic E-state index is 0.181. The summed E-state index contributed by atoms with van der Waals surface area (Å²) in [4.78, 5) is 16.4. The molecular weight excluding hydrogens is 364 g/mol. The predicted molar refractivity (Wildman–Crippen MR) is 102 cm³/mol. The van der Waals surface area contributed by atoms with E-state index in [1.165, 1.54) is 6.07 Å². The Hall–Kier alpha value is -3.52. The number of amidine groups is 1. The molecule has 4 rings (SSSR count). The van der Waals surface area contributed by atoms with Crippen molar-refractivity contribution in [3.05, 3.63) is 84.2 Å². The number of rotatable bonds is 3. The van der Waals surface area contributed by atoms with Crippen LogP contribution in [0.1, 0.15) is 15.9 Å². The van der Waals surface area contributed by atoms with E-state index in [0.29, 0.717) is 22.5 Å². The maximum absolute atomic E-state index is 12.3. The van der Waals surface area contributed by atoms with Crippen molar-refractivity contribution in [3.63, 3.8) is 0 Å². The van der Waals surface area contributed by atoms with Gasteiger partial charge in [0.05, 0.1) is 11.9 Å². The molecule has 0 saturated carbocycles. The SMILES string of the molecule is O=C(Nc1cccnc1)c1ccc(NC2=NS(=O)(=O)c3ccccc32)cc1. The molecule has 0 spiro atoms. The molecule has 8 heteroatoms. The molecule has 7 nitrogen and oxygen atoms in total. The van der Waals surface area contributed by atoms with E-state index in [2.05, 4.69) is 20.0 Å². The second kappa shape index (κ2) is 6.65. The summed E-state index contributed by atoms with van der Waals surface area (Å²) in [5.74, 6) is -0.00107. The molecule has 0 aliphatic carbocycles. The smallest absolute Gasteiger partial charge is 0.285 e. The van der Waals surface area contributed by atoms with Crippen molar-refractivity contribution in [2.24, 2.45) is 4.40 Å². The number of benzene rings is 2. The highest BCUT2D eigenvalue weighted by Crippen LogP contribution is 2.26. The van der Waals surface area contributed by atoms with E-state index >= 15 is 0 Å². The number of nitrogens with one attached hydrogen (secondary N) is 2. The first-order valence-corrected chi connectivity index (χ1v) is 9.50. The van der Waals surface area contributed by atoms with Crippen LogP contribution >= 0.6 is 0 Å². The molecule has 0 unspecified atom stereocenters. The fraction of sp³-hybridized carbons (Fsp3) is 0. The number of nitrogens with zero attached hydrogens (tertiary/aromatic N) is 2. The predicted octanol–water partition coefficient (Wildman–Crippen LogP) is 2.89. The van der Waals surface area contributed by atoms with Crippen LogP contribution in [0.3, 0.4) is 0 Å². The lowest BCUT2D eigenvalue weighted by atomic mass is 10.1. The summed E-state index contributed by atoms with van der Waals surface area (Å²) in [6.07, 6.45) is 3.18. The number of pyridine rings is 1. The summed E-state index contributed by atoms with van der Waals surface area (Å²) in [6.45, 7) is 0. The Morgan fingerprint density at radius 1 is 0.889 bits per heavy atom. The van der Waals surface area contributed by atoms with Crippen molar-refractivity contribution in [1.82, 2.24) is 4.98 Å². The van der Waals surface area contributed by atoms with Gasteiger partial charge in [-0.15, -0.1) is 4.40 Å². The molecule has 1 aromatic heterocycles. The Morgan fingerprint density at radius 3 is 2.41 bits per heavy atom. The summed E-state index contributed by atoms with van der Waals surface area (Å²) >= 11 is 0. The van der Waals surface area contributed by atoms with Gasteiger partial charge < -0.3 is 10.6 Å². The third-order valence-electron chi connectivity index (χ3n) is 3.96. The van der Waals surface area contributed by atoms with Gasteiger partial charge >= 0.3 is 0 Å². The highest BCUT2D eigenvalue weighted by atomic mass is 32.2. The number of carbonyl (C=O) groups is 1. The first-order valence-electron chi connectivity index (χ1n) is 8.06. The van der Waals surface area contributed by atoms with Crippen molar-refractivity contribution in [2.45, 2.75) is 4.90 Å². The van der Waals surface area contributed by atoms with E-state index in [4.69, 9.17) is 0 Å². The number of aromatic nitrogens is 1. The number of sulfonamides is 1. The topological polar surface area (TPSA) is 101 Å². The summed E-state index contributed by atoms with van der Waals surface area (Å²) in [6, 6.07) is 16.8. The van der Waals surface area contributed by atoms with Crippen LogP contribution in [0.15, 0.2) is 82.4 Å². The maximum Gasteiger partial charge on any atom is 0.285 e. The van der Waals surface area contributed by atoms with Crippen LogP contribution in [0.25, 0.3) is 0 Å². The lowest BCUT2D eigenvalue weighted by molar-refractivity contribution is 0.102. The molecular formula is C19H14N4O3S. The molecule has 0 atom stereocenters. The largest absolute Gasteiger partial charge is 0.339 e. The number of fused-ring (bicyclic) bond motifs is 1. The molecule has 0 radical (unpaired) electrons. The van der Waals surface area contributed by atoms with Gasteiger partial charge in [0.2, 0.25) is 0 Å². The Bertz CT molecular complexity index is 1140. The molecule has 0 fully saturated rings. The van der Waals surface area contributed by atoms with Gasteiger partial charge in [-0.3, -0.25) is 9.78 Å². The number of anilines is 2. The van der Waals surface area contributed by atoms with E-state index in [1.807, 2.05) is 0 Å². The van der Waals surface area contributed by atoms with Crippen LogP contribution < -0.4 is 10.6 Å². The lowest BCUT2D eigenvalue weighted by Gasteiger charge is -2.08. The van der Waals surface area contributed by atoms with Crippen molar-refractivity contribution < 1.29 is 13.2 Å². The van der Waals surface area contributed by atoms with Crippen LogP contribution in [0, 0.1) is 0 Å². The van der Waals surface area contributed by atoms with Gasteiger partial charge in [-0.1, -0.05) is 12.1 Å². The van der Waals surface area contributed by atoms with Crippen LogP contribution in [0.5, 0.6) is 0 Å². The Balaban J connectivity index is 1.51. The molecule has 2 aromatic carbocycles. The van der Waals surface area contributed by atoms with Gasteiger partial charge in [-0.25, -0.2) is 0 Å². The average Bonchev–Trinajstić information content (AvgIpc) is 2.94. The minimum Gasteiger partial charge on any atom is -0.339 e. The monoisotopic (exact) mass is 378 g/mol. The number of hydrogen-bond acceptors (Lipinski definition) is 5. The maximum atomic E-state index is 12.3. The van der Waals surface area contributed by atoms with Gasteiger partial charge in [0.15, 0.2) is 5.84 Å². The zero-order valence-electron chi connectivity index (χ0n) is 14.0. The molecule has 2 heterocycles. The van der Waals surface area contributed by atoms with Gasteiger partial charge in [0.1, 0.15) is 4.90 Å². The van der Waals surface area contributed by atoms with E-state index < -0.39 is 10.0 Å². The molecule has 0 saturated heterocycles. The standard InChI is InChI=1S/C19H14N4O3S/c24-19(22-15-4-3-11-20-12-15)13-7-9-14(10-8-13)21-18-16-5-1-2-6-17(16)27(25,26)23-18/h1-12H,(H,21,23)(H,22,24). The van der Waals surface area contributed by atoms with Crippen molar-refractivity contribution >= 4 is 33.1 Å². The first kappa shape index (κ1) is 16.9. The summed E-state index contributed by atoms with van der Waals surface area (Å²) in [5, 5.41) is 5.75. The van der Waals surface area contributed by atoms with Crippen molar-refractivity contribution in [2.75, 3.05) is 10.6 Å². The fourth-order valence-corrected chi connectivity index (χ4v) is 3.85. The Morgan fingerprint density at radius 2 is 1.67 bits per heavy atom. The number of amides is 1. The molecule has 3 aromatic rings. The van der Waals surface area contributed by atoms with Gasteiger partial charge in [0.25, 0.3) is 15.9 Å². The van der Waals surface area contributed by atoms with Crippen molar-refractivity contribution in [3.8, 4) is 0 Å². The average molecular weight is 378 g/mol. The molecule has 1 amide bonds. The van der Waals surface area contributed by atoms with E-state index in [0.717, 1.165) is 0 Å². The third kappa shape index (κ3) is 3.42. The van der Waals surface area contributed by atoms with Crippen LogP contribution in [0.2, 0.25) is 0 Å². The van der Waals surface area contributed by atoms with Gasteiger partial charge in [-0.2, -0.15) is 8.42 Å². The normalized spacial score (nSPS) is 14.1. The highest BCUT2D eigenvalue weighted by molar-refractivity contribution is 7.90. The first-order chi connectivity index (χ1) is 13.0. The van der Waals surface area contributed by atoms with Crippen LogP contribution in [0.4, 0.5) is 11.4 Å². The second-order valence-corrected chi connectivity index (χ2v) is 7.38. The zero-order valence-corrected chi connectivity index (χ0v) is 14.8. The lowest BCUT2D eigenvalue weighted by Crippen LogP contribution is -2.13. The Labute approximate surface area is 155 Å². The van der Waals surface area contributed by atoms with Gasteiger partial charge in [0, 0.05) is 23.0 Å². The summed E-state index contributed by atoms with van der Waals surface area (Å²) < 4.78 is 28.0. The zero-order chi connectivity index (χ0) is 18.9. The highest BCUT2D eigenvalue weighted by Gasteiger charge is 2.28. The molecule has 2 N–H and O–H groups in total. The van der Waals surface area contributed by atoms with Crippen molar-refractivity contribution in [1.29, 1.82) is 0 Å². The van der Waals surface area contributed by atoms with Gasteiger partial charge in [-0.05, 0) is 48.5 Å². The number of hydrogen-bond donors (Lipinski definition) is 2. The molecule has 1 aliphatic rings. The molecule has 0 bridgehead atoms. The van der Waals surface area contributed by atoms with E-state index in [1.54, 1.807) is 67.0 Å². The fourth-order valence-electron chi connectivity index (χ4n) is 2.68. The molecule has 134 valence electrons.